The minimum absolute atomic E-state index is 0.110. The molecule has 0 aliphatic heterocycles. The summed E-state index contributed by atoms with van der Waals surface area (Å²) in [6.45, 7) is 2.39. The second kappa shape index (κ2) is 5.94. The first-order valence-electron chi connectivity index (χ1n) is 5.73. The van der Waals surface area contributed by atoms with Crippen LogP contribution in [0.15, 0.2) is 28.9 Å². The maximum atomic E-state index is 11.9. The largest absolute Gasteiger partial charge is 0.325 e. The molecule has 0 saturated heterocycles. The van der Waals surface area contributed by atoms with Crippen LogP contribution in [0.1, 0.15) is 11.3 Å². The number of aryl methyl sites for hydroxylation is 1. The van der Waals surface area contributed by atoms with Crippen molar-refractivity contribution < 1.29 is 4.79 Å². The second-order valence-corrected chi connectivity index (χ2v) is 5.09. The van der Waals surface area contributed by atoms with Crippen LogP contribution in [0.2, 0.25) is 0 Å². The first kappa shape index (κ1) is 13.7. The van der Waals surface area contributed by atoms with Crippen molar-refractivity contribution in [2.24, 2.45) is 5.73 Å². The molecule has 1 amide bonds. The topological polar surface area (TPSA) is 85.8 Å². The van der Waals surface area contributed by atoms with Crippen molar-refractivity contribution in [2.75, 3.05) is 5.32 Å². The molecule has 7 heteroatoms. The zero-order chi connectivity index (χ0) is 13.8. The van der Waals surface area contributed by atoms with Crippen LogP contribution in [0.4, 0.5) is 5.69 Å². The molecule has 0 aliphatic rings. The van der Waals surface area contributed by atoms with E-state index in [0.717, 1.165) is 15.7 Å². The van der Waals surface area contributed by atoms with Crippen LogP contribution in [-0.4, -0.2) is 20.9 Å². The van der Waals surface area contributed by atoms with Crippen LogP contribution < -0.4 is 11.1 Å². The van der Waals surface area contributed by atoms with Crippen LogP contribution in [0.5, 0.6) is 0 Å². The predicted octanol–water partition coefficient (Wildman–Crippen LogP) is 1.45. The number of anilines is 1. The highest BCUT2D eigenvalue weighted by molar-refractivity contribution is 9.10. The number of aromatic nitrogens is 3. The Morgan fingerprint density at radius 3 is 2.89 bits per heavy atom. The Kier molecular flexibility index (Phi) is 4.28. The quantitative estimate of drug-likeness (QED) is 0.891. The van der Waals surface area contributed by atoms with Gasteiger partial charge >= 0.3 is 0 Å². The molecule has 100 valence electrons. The van der Waals surface area contributed by atoms with Gasteiger partial charge in [-0.1, -0.05) is 21.1 Å². The van der Waals surface area contributed by atoms with Gasteiger partial charge in [0.1, 0.15) is 6.54 Å². The molecule has 0 unspecified atom stereocenters. The number of amides is 1. The molecule has 19 heavy (non-hydrogen) atoms. The minimum atomic E-state index is -0.161. The Morgan fingerprint density at radius 2 is 2.26 bits per heavy atom. The zero-order valence-corrected chi connectivity index (χ0v) is 12.0. The molecule has 0 spiro atoms. The van der Waals surface area contributed by atoms with E-state index in [1.807, 2.05) is 25.1 Å². The number of benzene rings is 1. The molecular weight excluding hydrogens is 310 g/mol. The normalized spacial score (nSPS) is 10.5. The summed E-state index contributed by atoms with van der Waals surface area (Å²) in [7, 11) is 0. The lowest BCUT2D eigenvalue weighted by molar-refractivity contribution is -0.116. The predicted molar refractivity (Wildman–Crippen MR) is 75.4 cm³/mol. The second-order valence-electron chi connectivity index (χ2n) is 4.18. The highest BCUT2D eigenvalue weighted by Gasteiger charge is 2.06. The number of rotatable bonds is 4. The van der Waals surface area contributed by atoms with Gasteiger partial charge in [-0.05, 0) is 30.7 Å². The molecule has 1 heterocycles. The summed E-state index contributed by atoms with van der Waals surface area (Å²) in [5, 5.41) is 10.5. The monoisotopic (exact) mass is 323 g/mol. The van der Waals surface area contributed by atoms with Crippen LogP contribution in [0.3, 0.4) is 0 Å². The number of nitrogens with zero attached hydrogens (tertiary/aromatic N) is 3. The van der Waals surface area contributed by atoms with Crippen molar-refractivity contribution >= 4 is 27.5 Å². The van der Waals surface area contributed by atoms with Gasteiger partial charge < -0.3 is 11.1 Å². The molecule has 0 radical (unpaired) electrons. The van der Waals surface area contributed by atoms with E-state index in [1.165, 1.54) is 4.68 Å². The number of halogens is 1. The molecule has 0 aliphatic carbocycles. The first-order valence-corrected chi connectivity index (χ1v) is 6.52. The number of carbonyl (C=O) groups is 1. The molecule has 2 aromatic rings. The van der Waals surface area contributed by atoms with E-state index in [2.05, 4.69) is 31.6 Å². The summed E-state index contributed by atoms with van der Waals surface area (Å²) in [5.41, 5.74) is 7.90. The van der Waals surface area contributed by atoms with Gasteiger partial charge in [-0.25, -0.2) is 4.68 Å². The molecular formula is C12H14BrN5O. The van der Waals surface area contributed by atoms with Crippen molar-refractivity contribution in [3.63, 3.8) is 0 Å². The number of hydrogen-bond acceptors (Lipinski definition) is 4. The Morgan fingerprint density at radius 1 is 1.47 bits per heavy atom. The van der Waals surface area contributed by atoms with Crippen molar-refractivity contribution in [1.29, 1.82) is 0 Å². The fourth-order valence-corrected chi connectivity index (χ4v) is 2.27. The molecule has 0 saturated carbocycles. The molecule has 0 fully saturated rings. The average molecular weight is 324 g/mol. The summed E-state index contributed by atoms with van der Waals surface area (Å²) < 4.78 is 2.39. The first-order chi connectivity index (χ1) is 9.06. The zero-order valence-electron chi connectivity index (χ0n) is 10.4. The van der Waals surface area contributed by atoms with Gasteiger partial charge in [-0.15, -0.1) is 5.10 Å². The van der Waals surface area contributed by atoms with Gasteiger partial charge in [0.05, 0.1) is 11.9 Å². The maximum Gasteiger partial charge on any atom is 0.246 e. The fourth-order valence-electron chi connectivity index (χ4n) is 1.67. The third-order valence-corrected chi connectivity index (χ3v) is 2.88. The van der Waals surface area contributed by atoms with Crippen LogP contribution >= 0.6 is 15.9 Å². The molecule has 6 nitrogen and oxygen atoms in total. The maximum absolute atomic E-state index is 11.9. The SMILES string of the molecule is Cc1cc(Br)cc(NC(=O)Cn2cc(CN)nn2)c1. The lowest BCUT2D eigenvalue weighted by atomic mass is 10.2. The van der Waals surface area contributed by atoms with E-state index in [4.69, 9.17) is 5.73 Å². The number of nitrogens with two attached hydrogens (primary N) is 1. The van der Waals surface area contributed by atoms with E-state index in [-0.39, 0.29) is 12.5 Å². The van der Waals surface area contributed by atoms with E-state index in [1.54, 1.807) is 6.20 Å². The van der Waals surface area contributed by atoms with Crippen LogP contribution in [-0.2, 0) is 17.9 Å². The Labute approximate surface area is 119 Å². The average Bonchev–Trinajstić information content (AvgIpc) is 2.74. The van der Waals surface area contributed by atoms with Crippen molar-refractivity contribution in [2.45, 2.75) is 20.0 Å². The summed E-state index contributed by atoms with van der Waals surface area (Å²) in [4.78, 5) is 11.9. The van der Waals surface area contributed by atoms with Gasteiger partial charge in [-0.2, -0.15) is 0 Å². The van der Waals surface area contributed by atoms with Gasteiger partial charge in [0, 0.05) is 16.7 Å². The fraction of sp³-hybridized carbons (Fsp3) is 0.250. The summed E-state index contributed by atoms with van der Waals surface area (Å²) >= 11 is 3.39. The minimum Gasteiger partial charge on any atom is -0.325 e. The third-order valence-electron chi connectivity index (χ3n) is 2.43. The number of hydrogen-bond donors (Lipinski definition) is 2. The molecule has 3 N–H and O–H groups in total. The summed E-state index contributed by atoms with van der Waals surface area (Å²) in [6.07, 6.45) is 1.66. The van der Waals surface area contributed by atoms with Gasteiger partial charge in [0.15, 0.2) is 0 Å². The van der Waals surface area contributed by atoms with Gasteiger partial charge in [0.25, 0.3) is 0 Å². The molecule has 0 atom stereocenters. The van der Waals surface area contributed by atoms with Crippen molar-refractivity contribution in [3.8, 4) is 0 Å². The molecule has 0 bridgehead atoms. The Hall–Kier alpha value is -1.73. The Balaban J connectivity index is 2.00. The lowest BCUT2D eigenvalue weighted by Gasteiger charge is -2.06. The Bertz CT molecular complexity index is 575. The van der Waals surface area contributed by atoms with Crippen molar-refractivity contribution in [3.05, 3.63) is 40.1 Å². The van der Waals surface area contributed by atoms with E-state index < -0.39 is 0 Å². The van der Waals surface area contributed by atoms with Crippen molar-refractivity contribution in [1.82, 2.24) is 15.0 Å². The number of nitrogens with one attached hydrogen (secondary N) is 1. The molecule has 2 rings (SSSR count). The number of carbonyl (C=O) groups excluding carboxylic acids is 1. The van der Waals surface area contributed by atoms with Crippen LogP contribution in [0.25, 0.3) is 0 Å². The van der Waals surface area contributed by atoms with E-state index in [0.29, 0.717) is 12.2 Å². The van der Waals surface area contributed by atoms with E-state index in [9.17, 15) is 4.79 Å². The summed E-state index contributed by atoms with van der Waals surface area (Å²) in [5.74, 6) is -0.161. The lowest BCUT2D eigenvalue weighted by Crippen LogP contribution is -2.19. The highest BCUT2D eigenvalue weighted by Crippen LogP contribution is 2.18. The molecule has 1 aromatic heterocycles. The molecule has 1 aromatic carbocycles. The van der Waals surface area contributed by atoms with E-state index >= 15 is 0 Å². The summed E-state index contributed by atoms with van der Waals surface area (Å²) in [6, 6.07) is 5.72. The third kappa shape index (κ3) is 3.87. The standard InChI is InChI=1S/C12H14BrN5O/c1-8-2-9(13)4-10(3-8)15-12(19)7-18-6-11(5-14)16-17-18/h2-4,6H,5,7,14H2,1H3,(H,15,19). The van der Waals surface area contributed by atoms with Crippen LogP contribution in [0, 0.1) is 6.92 Å². The highest BCUT2D eigenvalue weighted by atomic mass is 79.9. The van der Waals surface area contributed by atoms with Gasteiger partial charge in [-0.3, -0.25) is 4.79 Å². The smallest absolute Gasteiger partial charge is 0.246 e. The van der Waals surface area contributed by atoms with Gasteiger partial charge in [0.2, 0.25) is 5.91 Å².